The van der Waals surface area contributed by atoms with Gasteiger partial charge in [0.2, 0.25) is 29.4 Å². The maximum atomic E-state index is 16.1. The predicted molar refractivity (Wildman–Crippen MR) is 356 cm³/mol. The van der Waals surface area contributed by atoms with Gasteiger partial charge in [-0.15, -0.1) is 0 Å². The van der Waals surface area contributed by atoms with Crippen LogP contribution in [0.3, 0.4) is 0 Å². The standard InChI is InChI=1S/C73H86FN7O17/c1-73(2)47-96-65(84)23-15-16-32-77(3)68(87)56(38-48-18-10-8-11-19-48)75-63(82)45-78(4)69(88)57(39-49-20-12-9-13-21-49)76-67(86)59(40-50-24-28-54(29-25-50)97-72(91)80-34-36-94-37-35-80)79(5)64(83)46-95-55-43-52(42-53(74)44-55)60(30-26-51-27-31-61(92-6)62(41-51)93-7)98-71(90)58-22-14-17-33-81(58)70(89)66(73)85/h8-13,15,18-21,23-25,27-29,31,41-44,56-60H,14,16-17,22,26,30,32-40,45-47H2,1-7H3,(H,75,82)(H,76,86)/b23-15+/t56-,57?,58+,59+,60-/m1/s1. The molecule has 2 bridgehead atoms. The number of aryl methyl sites for hydroxylation is 1. The van der Waals surface area contributed by atoms with E-state index in [2.05, 4.69) is 10.6 Å². The van der Waals surface area contributed by atoms with Gasteiger partial charge in [-0.1, -0.05) is 84.9 Å². The number of nitrogens with one attached hydrogen (secondary N) is 2. The smallest absolute Gasteiger partial charge is 0.415 e. The van der Waals surface area contributed by atoms with Crippen LogP contribution < -0.4 is 29.6 Å². The normalized spacial score (nSPS) is 21.5. The van der Waals surface area contributed by atoms with Crippen molar-refractivity contribution in [1.82, 2.24) is 35.1 Å². The molecule has 2 N–H and O–H groups in total. The van der Waals surface area contributed by atoms with Gasteiger partial charge in [0.05, 0.1) is 39.4 Å². The highest BCUT2D eigenvalue weighted by molar-refractivity contribution is 6.38. The number of cyclic esters (lactones) is 2. The molecule has 2 fully saturated rings. The summed E-state index contributed by atoms with van der Waals surface area (Å²) < 4.78 is 55.9. The second-order valence-electron chi connectivity index (χ2n) is 25.0. The Kier molecular flexibility index (Phi) is 26.4. The van der Waals surface area contributed by atoms with Crippen molar-refractivity contribution in [3.8, 4) is 23.0 Å². The third-order valence-corrected chi connectivity index (χ3v) is 17.3. The number of esters is 2. The number of rotatable bonds is 12. The fourth-order valence-electron chi connectivity index (χ4n) is 11.6. The highest BCUT2D eigenvalue weighted by Crippen LogP contribution is 2.34. The molecule has 0 radical (unpaired) electrons. The lowest BCUT2D eigenvalue weighted by molar-refractivity contribution is -0.165. The van der Waals surface area contributed by atoms with Crippen LogP contribution in [0.25, 0.3) is 0 Å². The number of hydrogen-bond acceptors (Lipinski definition) is 17. The van der Waals surface area contributed by atoms with Crippen LogP contribution in [-0.2, 0) is 83.0 Å². The van der Waals surface area contributed by atoms with Crippen molar-refractivity contribution in [2.24, 2.45) is 5.41 Å². The Bertz CT molecular complexity index is 3660. The minimum atomic E-state index is -1.57. The van der Waals surface area contributed by atoms with Crippen LogP contribution in [0.1, 0.15) is 79.9 Å². The Hall–Kier alpha value is -10.2. The van der Waals surface area contributed by atoms with E-state index in [-0.39, 0.29) is 75.1 Å². The van der Waals surface area contributed by atoms with Crippen molar-refractivity contribution in [2.45, 2.75) is 102 Å². The summed E-state index contributed by atoms with van der Waals surface area (Å²) in [5.41, 5.74) is 1.11. The lowest BCUT2D eigenvalue weighted by Gasteiger charge is -2.36. The first-order valence-corrected chi connectivity index (χ1v) is 32.6. The molecule has 5 atom stereocenters. The van der Waals surface area contributed by atoms with Crippen molar-refractivity contribution in [2.75, 3.05) is 94.5 Å². The molecule has 24 nitrogen and oxygen atoms in total. The van der Waals surface area contributed by atoms with Crippen LogP contribution in [0.4, 0.5) is 9.18 Å². The largest absolute Gasteiger partial charge is 0.493 e. The Labute approximate surface area is 569 Å². The molecule has 0 spiro atoms. The maximum Gasteiger partial charge on any atom is 0.415 e. The lowest BCUT2D eigenvalue weighted by Crippen LogP contribution is -2.57. The average molecular weight is 1350 g/mol. The van der Waals surface area contributed by atoms with E-state index in [4.69, 9.17) is 33.2 Å². The predicted octanol–water partition coefficient (Wildman–Crippen LogP) is 6.19. The van der Waals surface area contributed by atoms with Crippen molar-refractivity contribution in [3.63, 3.8) is 0 Å². The third kappa shape index (κ3) is 20.7. The zero-order valence-corrected chi connectivity index (χ0v) is 56.4. The van der Waals surface area contributed by atoms with Crippen molar-refractivity contribution in [3.05, 3.63) is 167 Å². The Morgan fingerprint density at radius 2 is 1.31 bits per heavy atom. The summed E-state index contributed by atoms with van der Waals surface area (Å²) in [7, 11) is 7.23. The molecule has 522 valence electrons. The number of ether oxygens (including phenoxy) is 7. The second-order valence-corrected chi connectivity index (χ2v) is 25.0. The quantitative estimate of drug-likeness (QED) is 0.104. The van der Waals surface area contributed by atoms with Crippen LogP contribution in [0, 0.1) is 11.2 Å². The number of halogens is 1. The molecule has 5 aromatic rings. The van der Waals surface area contributed by atoms with Crippen molar-refractivity contribution >= 4 is 59.3 Å². The number of piperidine rings is 1. The van der Waals surface area contributed by atoms with E-state index in [9.17, 15) is 43.2 Å². The first-order chi connectivity index (χ1) is 47.0. The molecule has 5 aromatic carbocycles. The Balaban J connectivity index is 1.13. The number of carbonyl (C=O) groups excluding carboxylic acids is 10. The molecule has 3 aliphatic rings. The highest BCUT2D eigenvalue weighted by Gasteiger charge is 2.43. The summed E-state index contributed by atoms with van der Waals surface area (Å²) >= 11 is 0. The Morgan fingerprint density at radius 3 is 1.97 bits per heavy atom. The number of amides is 7. The molecule has 98 heavy (non-hydrogen) atoms. The molecule has 3 aliphatic heterocycles. The minimum absolute atomic E-state index is 0.0153. The number of hydrogen-bond donors (Lipinski definition) is 2. The third-order valence-electron chi connectivity index (χ3n) is 17.3. The van der Waals surface area contributed by atoms with Gasteiger partial charge in [0, 0.05) is 78.7 Å². The molecule has 0 saturated carbocycles. The van der Waals surface area contributed by atoms with E-state index in [0.717, 1.165) is 44.0 Å². The summed E-state index contributed by atoms with van der Waals surface area (Å²) in [5.74, 6) is -7.03. The van der Waals surface area contributed by atoms with Gasteiger partial charge in [0.15, 0.2) is 18.1 Å². The topological polar surface area (TPSA) is 276 Å². The number of ketones is 1. The molecule has 0 aliphatic carbocycles. The van der Waals surface area contributed by atoms with Crippen LogP contribution in [0.5, 0.6) is 23.0 Å². The molecule has 0 aromatic heterocycles. The van der Waals surface area contributed by atoms with Gasteiger partial charge in [0.1, 0.15) is 54.2 Å². The van der Waals surface area contributed by atoms with Gasteiger partial charge in [-0.2, -0.15) is 0 Å². The molecule has 1 unspecified atom stereocenters. The van der Waals surface area contributed by atoms with Crippen LogP contribution in [0.15, 0.2) is 133 Å². The number of nitrogens with zero attached hydrogens (tertiary/aromatic N) is 5. The Morgan fingerprint density at radius 1 is 0.673 bits per heavy atom. The van der Waals surface area contributed by atoms with E-state index in [0.29, 0.717) is 61.8 Å². The monoisotopic (exact) mass is 1350 g/mol. The van der Waals surface area contributed by atoms with Gasteiger partial charge in [-0.3, -0.25) is 33.6 Å². The van der Waals surface area contributed by atoms with E-state index in [1.54, 1.807) is 91.0 Å². The minimum Gasteiger partial charge on any atom is -0.493 e. The van der Waals surface area contributed by atoms with Gasteiger partial charge >= 0.3 is 18.0 Å². The number of fused-ring (bicyclic) bond motifs is 3. The SMILES string of the molecule is COc1ccc(CC[C@H]2OC(=O)[C@@H]3CCCCN3C(=O)C(=O)C(C)(C)COC(=O)/C=C/CCN(C)C(=O)[C@@H](Cc3ccccc3)NC(=O)CN(C)C(=O)C(Cc3ccccc3)NC(=O)[C@H](Cc3ccc(OC(=O)N4CCOCC4)cc3)N(C)C(=O)COc3cc(F)cc2c3)cc1OC. The number of likely N-dealkylation sites (N-methyl/N-ethyl adjacent to an activating group) is 3. The summed E-state index contributed by atoms with van der Waals surface area (Å²) in [6, 6.07) is 27.7. The molecular formula is C73H86FN7O17. The van der Waals surface area contributed by atoms with Crippen LogP contribution in [0.2, 0.25) is 0 Å². The van der Waals surface area contributed by atoms with Crippen molar-refractivity contribution in [1.29, 1.82) is 0 Å². The fourth-order valence-corrected chi connectivity index (χ4v) is 11.6. The molecular weight excluding hydrogens is 1270 g/mol. The van der Waals surface area contributed by atoms with E-state index < -0.39 is 121 Å². The van der Waals surface area contributed by atoms with Crippen molar-refractivity contribution < 1.29 is 85.5 Å². The zero-order valence-electron chi connectivity index (χ0n) is 56.4. The fraction of sp³-hybridized carbons (Fsp3) is 0.425. The van der Waals surface area contributed by atoms with Crippen LogP contribution >= 0.6 is 0 Å². The number of Topliss-reactive ketones (excluding diaryl/α,β-unsaturated/α-hetero) is 1. The van der Waals surface area contributed by atoms with E-state index >= 15 is 9.18 Å². The number of morpholine rings is 1. The molecule has 8 rings (SSSR count). The summed E-state index contributed by atoms with van der Waals surface area (Å²) in [6.45, 7) is 2.51. The lowest BCUT2D eigenvalue weighted by atomic mass is 9.87. The molecule has 25 heteroatoms. The summed E-state index contributed by atoms with van der Waals surface area (Å²) in [4.78, 5) is 148. The van der Waals surface area contributed by atoms with Gasteiger partial charge in [-0.05, 0) is 117 Å². The van der Waals surface area contributed by atoms with Gasteiger partial charge < -0.3 is 68.3 Å². The van der Waals surface area contributed by atoms with E-state index in [1.807, 2.05) is 0 Å². The first-order valence-electron chi connectivity index (χ1n) is 32.6. The highest BCUT2D eigenvalue weighted by atomic mass is 19.1. The maximum absolute atomic E-state index is 16.1. The van der Waals surface area contributed by atoms with Gasteiger partial charge in [-0.25, -0.2) is 18.8 Å². The molecule has 7 amide bonds. The van der Waals surface area contributed by atoms with Gasteiger partial charge in [0.25, 0.3) is 11.8 Å². The molecule has 2 saturated heterocycles. The summed E-state index contributed by atoms with van der Waals surface area (Å²) in [5, 5.41) is 5.67. The number of carbonyl (C=O) groups is 10. The zero-order chi connectivity index (χ0) is 70.5. The number of benzene rings is 5. The summed E-state index contributed by atoms with van der Waals surface area (Å²) in [6.07, 6.45) is 2.09. The molecule has 3 heterocycles. The number of methoxy groups -OCH3 is 2. The second kappa shape index (κ2) is 35.2. The average Bonchev–Trinajstić information content (AvgIpc) is 0.810. The first kappa shape index (κ1) is 73.6. The van der Waals surface area contributed by atoms with Crippen LogP contribution in [-0.4, -0.2) is 202 Å². The van der Waals surface area contributed by atoms with E-state index in [1.165, 1.54) is 83.3 Å².